The summed E-state index contributed by atoms with van der Waals surface area (Å²) in [6.07, 6.45) is 6.97. The molecular formula is C18H27ClO2. The molecule has 0 saturated heterocycles. The number of benzene rings is 1. The molecule has 0 N–H and O–H groups in total. The quantitative estimate of drug-likeness (QED) is 0.688. The highest BCUT2D eigenvalue weighted by Gasteiger charge is 2.30. The van der Waals surface area contributed by atoms with Crippen LogP contribution in [0.4, 0.5) is 0 Å². The molecule has 1 aromatic rings. The average Bonchev–Trinajstić information content (AvgIpc) is 2.50. The van der Waals surface area contributed by atoms with E-state index in [9.17, 15) is 4.79 Å². The minimum Gasteiger partial charge on any atom is -0.458 e. The Morgan fingerprint density at radius 1 is 1.19 bits per heavy atom. The highest BCUT2D eigenvalue weighted by molar-refractivity contribution is 5.85. The molecule has 0 heterocycles. The number of rotatable bonds is 5. The van der Waals surface area contributed by atoms with Gasteiger partial charge in [-0.3, -0.25) is 4.79 Å². The van der Waals surface area contributed by atoms with Gasteiger partial charge in [0.25, 0.3) is 0 Å². The summed E-state index contributed by atoms with van der Waals surface area (Å²) in [5.74, 6) is 0.612. The molecule has 0 aromatic heterocycles. The highest BCUT2D eigenvalue weighted by atomic mass is 35.5. The number of esters is 1. The smallest absolute Gasteiger partial charge is 0.309 e. The standard InChI is InChI=1S/C18H26O2.ClH/c1-3-17(16-12-8-5-9-13-16)18(19)20-14(2)15-10-6-4-7-11-15;/h4,6-7,10-11,14,16-17H,3,5,8-9,12-13H2,1-2H3;1H. The largest absolute Gasteiger partial charge is 0.458 e. The summed E-state index contributed by atoms with van der Waals surface area (Å²) < 4.78 is 5.70. The number of halogens is 1. The van der Waals surface area contributed by atoms with Crippen molar-refractivity contribution in [1.29, 1.82) is 0 Å². The first-order valence-corrected chi connectivity index (χ1v) is 7.97. The van der Waals surface area contributed by atoms with E-state index < -0.39 is 0 Å². The minimum absolute atomic E-state index is 0. The number of carbonyl (C=O) groups excluding carboxylic acids is 1. The molecule has 2 nitrogen and oxygen atoms in total. The van der Waals surface area contributed by atoms with Gasteiger partial charge in [0.2, 0.25) is 0 Å². The lowest BCUT2D eigenvalue weighted by Crippen LogP contribution is -2.27. The lowest BCUT2D eigenvalue weighted by Gasteiger charge is -2.29. The second-order valence-electron chi connectivity index (χ2n) is 5.90. The van der Waals surface area contributed by atoms with E-state index >= 15 is 0 Å². The van der Waals surface area contributed by atoms with E-state index in [2.05, 4.69) is 6.92 Å². The maximum Gasteiger partial charge on any atom is 0.309 e. The molecule has 1 aliphatic carbocycles. The van der Waals surface area contributed by atoms with Crippen LogP contribution in [-0.4, -0.2) is 5.97 Å². The molecule has 1 fully saturated rings. The minimum atomic E-state index is -0.152. The zero-order valence-corrected chi connectivity index (χ0v) is 13.9. The fourth-order valence-electron chi connectivity index (χ4n) is 3.28. The maximum atomic E-state index is 12.4. The van der Waals surface area contributed by atoms with E-state index in [1.807, 2.05) is 37.3 Å². The summed E-state index contributed by atoms with van der Waals surface area (Å²) in [5, 5.41) is 0. The molecule has 2 atom stereocenters. The molecule has 21 heavy (non-hydrogen) atoms. The lowest BCUT2D eigenvalue weighted by molar-refractivity contribution is -0.156. The molecule has 2 unspecified atom stereocenters. The van der Waals surface area contributed by atoms with Crippen molar-refractivity contribution in [2.24, 2.45) is 11.8 Å². The van der Waals surface area contributed by atoms with Gasteiger partial charge < -0.3 is 4.74 Å². The van der Waals surface area contributed by atoms with E-state index in [0.717, 1.165) is 12.0 Å². The van der Waals surface area contributed by atoms with Gasteiger partial charge in [-0.05, 0) is 37.7 Å². The Kier molecular flexibility index (Phi) is 7.81. The van der Waals surface area contributed by atoms with Crippen molar-refractivity contribution < 1.29 is 9.53 Å². The summed E-state index contributed by atoms with van der Waals surface area (Å²) in [7, 11) is 0. The SMILES string of the molecule is CCC(C(=O)OC(C)c1ccccc1)C1CCCCC1.Cl. The van der Waals surface area contributed by atoms with Crippen LogP contribution in [0.15, 0.2) is 30.3 Å². The molecule has 1 aromatic carbocycles. The lowest BCUT2D eigenvalue weighted by atomic mass is 9.79. The molecular weight excluding hydrogens is 284 g/mol. The van der Waals surface area contributed by atoms with Gasteiger partial charge in [0.15, 0.2) is 0 Å². The molecule has 0 amide bonds. The molecule has 0 bridgehead atoms. The van der Waals surface area contributed by atoms with E-state index in [4.69, 9.17) is 4.74 Å². The zero-order chi connectivity index (χ0) is 14.4. The summed E-state index contributed by atoms with van der Waals surface area (Å²) >= 11 is 0. The van der Waals surface area contributed by atoms with Crippen LogP contribution in [-0.2, 0) is 9.53 Å². The van der Waals surface area contributed by atoms with Gasteiger partial charge in [-0.2, -0.15) is 0 Å². The van der Waals surface area contributed by atoms with E-state index in [-0.39, 0.29) is 30.4 Å². The molecule has 1 saturated carbocycles. The first-order valence-electron chi connectivity index (χ1n) is 7.97. The van der Waals surface area contributed by atoms with Gasteiger partial charge in [-0.25, -0.2) is 0 Å². The highest BCUT2D eigenvalue weighted by Crippen LogP contribution is 2.33. The van der Waals surface area contributed by atoms with Crippen molar-refractivity contribution >= 4 is 18.4 Å². The summed E-state index contributed by atoms with van der Waals surface area (Å²) in [6, 6.07) is 9.98. The molecule has 1 aliphatic rings. The topological polar surface area (TPSA) is 26.3 Å². The maximum absolute atomic E-state index is 12.4. The number of ether oxygens (including phenoxy) is 1. The van der Waals surface area contributed by atoms with Gasteiger partial charge in [0.05, 0.1) is 5.92 Å². The van der Waals surface area contributed by atoms with Crippen molar-refractivity contribution in [2.45, 2.75) is 58.5 Å². The number of hydrogen-bond acceptors (Lipinski definition) is 2. The van der Waals surface area contributed by atoms with Gasteiger partial charge >= 0.3 is 5.97 Å². The molecule has 118 valence electrons. The molecule has 0 spiro atoms. The Labute approximate surface area is 134 Å². The van der Waals surface area contributed by atoms with Crippen LogP contribution >= 0.6 is 12.4 Å². The van der Waals surface area contributed by atoms with E-state index in [0.29, 0.717) is 5.92 Å². The van der Waals surface area contributed by atoms with E-state index in [1.165, 1.54) is 32.1 Å². The van der Waals surface area contributed by atoms with Gasteiger partial charge in [-0.15, -0.1) is 12.4 Å². The van der Waals surface area contributed by atoms with Crippen molar-refractivity contribution in [2.75, 3.05) is 0 Å². The Balaban J connectivity index is 0.00000220. The normalized spacial score (nSPS) is 18.4. The monoisotopic (exact) mass is 310 g/mol. The van der Waals surface area contributed by atoms with Gasteiger partial charge in [0, 0.05) is 0 Å². The third-order valence-electron chi connectivity index (χ3n) is 4.52. The second kappa shape index (κ2) is 9.09. The van der Waals surface area contributed by atoms with Crippen molar-refractivity contribution in [3.63, 3.8) is 0 Å². The van der Waals surface area contributed by atoms with Crippen LogP contribution in [0, 0.1) is 11.8 Å². The van der Waals surface area contributed by atoms with Crippen LogP contribution < -0.4 is 0 Å². The first kappa shape index (κ1) is 18.0. The van der Waals surface area contributed by atoms with Crippen LogP contribution in [0.5, 0.6) is 0 Å². The Morgan fingerprint density at radius 2 is 1.81 bits per heavy atom. The second-order valence-corrected chi connectivity index (χ2v) is 5.90. The Bertz CT molecular complexity index is 412. The summed E-state index contributed by atoms with van der Waals surface area (Å²) in [5.41, 5.74) is 1.07. The molecule has 0 radical (unpaired) electrons. The van der Waals surface area contributed by atoms with Crippen LogP contribution in [0.3, 0.4) is 0 Å². The fraction of sp³-hybridized carbons (Fsp3) is 0.611. The number of carbonyl (C=O) groups is 1. The fourth-order valence-corrected chi connectivity index (χ4v) is 3.28. The van der Waals surface area contributed by atoms with Crippen LogP contribution in [0.25, 0.3) is 0 Å². The van der Waals surface area contributed by atoms with Crippen molar-refractivity contribution in [3.8, 4) is 0 Å². The molecule has 0 aliphatic heterocycles. The third-order valence-corrected chi connectivity index (χ3v) is 4.52. The summed E-state index contributed by atoms with van der Waals surface area (Å²) in [6.45, 7) is 4.06. The van der Waals surface area contributed by atoms with Crippen molar-refractivity contribution in [1.82, 2.24) is 0 Å². The average molecular weight is 311 g/mol. The predicted octanol–water partition coefficient (Wildman–Crippen LogP) is 5.32. The summed E-state index contributed by atoms with van der Waals surface area (Å²) in [4.78, 5) is 12.4. The first-order chi connectivity index (χ1) is 9.72. The Morgan fingerprint density at radius 3 is 2.38 bits per heavy atom. The molecule has 2 rings (SSSR count). The predicted molar refractivity (Wildman–Crippen MR) is 88.6 cm³/mol. The van der Waals surface area contributed by atoms with Crippen LogP contribution in [0.1, 0.15) is 64.0 Å². The van der Waals surface area contributed by atoms with Gasteiger partial charge in [-0.1, -0.05) is 56.5 Å². The molecule has 3 heteroatoms. The zero-order valence-electron chi connectivity index (χ0n) is 13.1. The van der Waals surface area contributed by atoms with E-state index in [1.54, 1.807) is 0 Å². The van der Waals surface area contributed by atoms with Crippen molar-refractivity contribution in [3.05, 3.63) is 35.9 Å². The number of hydrogen-bond donors (Lipinski definition) is 0. The Hall–Kier alpha value is -1.02. The third kappa shape index (κ3) is 5.03. The van der Waals surface area contributed by atoms with Gasteiger partial charge in [0.1, 0.15) is 6.10 Å². The van der Waals surface area contributed by atoms with Crippen LogP contribution in [0.2, 0.25) is 0 Å².